The van der Waals surface area contributed by atoms with Crippen molar-refractivity contribution in [2.75, 3.05) is 11.9 Å². The Hall–Kier alpha value is -2.39. The van der Waals surface area contributed by atoms with E-state index >= 15 is 0 Å². The van der Waals surface area contributed by atoms with Crippen LogP contribution < -0.4 is 11.1 Å². The average Bonchev–Trinajstić information content (AvgIpc) is 3.01. The normalized spacial score (nSPS) is 18.5. The maximum absolute atomic E-state index is 12.2. The van der Waals surface area contributed by atoms with Crippen molar-refractivity contribution >= 4 is 17.5 Å². The summed E-state index contributed by atoms with van der Waals surface area (Å²) in [6.45, 7) is 0.570. The molecule has 2 atom stereocenters. The van der Waals surface area contributed by atoms with Crippen LogP contribution in [-0.4, -0.2) is 35.3 Å². The van der Waals surface area contributed by atoms with E-state index in [1.54, 1.807) is 12.1 Å². The fourth-order valence-electron chi connectivity index (χ4n) is 2.53. The Morgan fingerprint density at radius 2 is 2.14 bits per heavy atom. The van der Waals surface area contributed by atoms with Crippen molar-refractivity contribution in [2.45, 2.75) is 37.8 Å². The zero-order valence-corrected chi connectivity index (χ0v) is 12.4. The molecule has 2 rings (SSSR count). The SMILES string of the molecule is N#C[C@@H]1CCCN1C(=O)[C@@H](N)CCC(=O)Nc1ccccc1. The molecule has 3 N–H and O–H groups in total. The van der Waals surface area contributed by atoms with Crippen LogP contribution in [0.3, 0.4) is 0 Å². The molecule has 0 aromatic heterocycles. The summed E-state index contributed by atoms with van der Waals surface area (Å²) in [5.41, 5.74) is 6.59. The van der Waals surface area contributed by atoms with Gasteiger partial charge in [0.15, 0.2) is 0 Å². The van der Waals surface area contributed by atoms with Crippen LogP contribution in [-0.2, 0) is 9.59 Å². The van der Waals surface area contributed by atoms with Crippen molar-refractivity contribution in [3.63, 3.8) is 0 Å². The van der Waals surface area contributed by atoms with Gasteiger partial charge < -0.3 is 16.0 Å². The minimum Gasteiger partial charge on any atom is -0.326 e. The lowest BCUT2D eigenvalue weighted by molar-refractivity contribution is -0.132. The van der Waals surface area contributed by atoms with Crippen molar-refractivity contribution in [3.8, 4) is 6.07 Å². The number of amides is 2. The molecule has 1 aromatic rings. The molecule has 0 radical (unpaired) electrons. The highest BCUT2D eigenvalue weighted by atomic mass is 16.2. The molecule has 1 aliphatic rings. The minimum absolute atomic E-state index is 0.173. The fraction of sp³-hybridized carbons (Fsp3) is 0.438. The first kappa shape index (κ1) is 16.0. The van der Waals surface area contributed by atoms with Crippen LogP contribution in [0.15, 0.2) is 30.3 Å². The fourth-order valence-corrected chi connectivity index (χ4v) is 2.53. The first-order valence-corrected chi connectivity index (χ1v) is 7.42. The molecule has 0 saturated carbocycles. The van der Waals surface area contributed by atoms with Crippen molar-refractivity contribution in [3.05, 3.63) is 30.3 Å². The van der Waals surface area contributed by atoms with E-state index in [1.807, 2.05) is 18.2 Å². The van der Waals surface area contributed by atoms with Crippen molar-refractivity contribution in [2.24, 2.45) is 5.73 Å². The molecule has 0 unspecified atom stereocenters. The second-order valence-corrected chi connectivity index (χ2v) is 5.38. The monoisotopic (exact) mass is 300 g/mol. The molecule has 6 heteroatoms. The quantitative estimate of drug-likeness (QED) is 0.854. The summed E-state index contributed by atoms with van der Waals surface area (Å²) in [6, 6.07) is 10.1. The third kappa shape index (κ3) is 4.06. The van der Waals surface area contributed by atoms with Crippen LogP contribution >= 0.6 is 0 Å². The van der Waals surface area contributed by atoms with Gasteiger partial charge in [0.2, 0.25) is 11.8 Å². The molecule has 22 heavy (non-hydrogen) atoms. The standard InChI is InChI=1S/C16H20N4O2/c17-11-13-7-4-10-20(13)16(22)14(18)8-9-15(21)19-12-5-2-1-3-6-12/h1-3,5-6,13-14H,4,7-10,18H2,(H,19,21)/t13-,14-/m0/s1. The number of nitrogens with one attached hydrogen (secondary N) is 1. The largest absolute Gasteiger partial charge is 0.326 e. The smallest absolute Gasteiger partial charge is 0.240 e. The summed E-state index contributed by atoms with van der Waals surface area (Å²) in [6.07, 6.45) is 1.97. The Morgan fingerprint density at radius 1 is 1.41 bits per heavy atom. The Labute approximate surface area is 129 Å². The van der Waals surface area contributed by atoms with E-state index in [-0.39, 0.29) is 30.7 Å². The molecule has 1 heterocycles. The predicted octanol–water partition coefficient (Wildman–Crippen LogP) is 1.25. The number of hydrogen-bond acceptors (Lipinski definition) is 4. The van der Waals surface area contributed by atoms with Gasteiger partial charge in [0.05, 0.1) is 12.1 Å². The Bertz CT molecular complexity index is 567. The molecule has 0 aliphatic carbocycles. The highest BCUT2D eigenvalue weighted by Gasteiger charge is 2.31. The number of carbonyl (C=O) groups excluding carboxylic acids is 2. The van der Waals surface area contributed by atoms with Gasteiger partial charge in [0.25, 0.3) is 0 Å². The van der Waals surface area contributed by atoms with E-state index in [0.717, 1.165) is 12.1 Å². The summed E-state index contributed by atoms with van der Waals surface area (Å²) in [7, 11) is 0. The number of likely N-dealkylation sites (tertiary alicyclic amines) is 1. The Kier molecular flexibility index (Phi) is 5.50. The molecule has 0 bridgehead atoms. The number of rotatable bonds is 5. The number of nitriles is 1. The Balaban J connectivity index is 1.79. The first-order chi connectivity index (χ1) is 10.6. The van der Waals surface area contributed by atoms with Gasteiger partial charge in [0, 0.05) is 18.7 Å². The average molecular weight is 300 g/mol. The number of para-hydroxylation sites is 1. The van der Waals surface area contributed by atoms with Crippen LogP contribution in [0.5, 0.6) is 0 Å². The molecule has 1 aromatic carbocycles. The molecule has 116 valence electrons. The van der Waals surface area contributed by atoms with Gasteiger partial charge >= 0.3 is 0 Å². The maximum Gasteiger partial charge on any atom is 0.240 e. The van der Waals surface area contributed by atoms with Crippen LogP contribution in [0.2, 0.25) is 0 Å². The van der Waals surface area contributed by atoms with Gasteiger partial charge in [-0.2, -0.15) is 5.26 Å². The highest BCUT2D eigenvalue weighted by molar-refractivity contribution is 5.91. The van der Waals surface area contributed by atoms with E-state index in [4.69, 9.17) is 11.0 Å². The molecular formula is C16H20N4O2. The summed E-state index contributed by atoms with van der Waals surface area (Å²) in [5.74, 6) is -0.413. The number of nitrogens with zero attached hydrogens (tertiary/aromatic N) is 2. The lowest BCUT2D eigenvalue weighted by atomic mass is 10.1. The van der Waals surface area contributed by atoms with E-state index in [0.29, 0.717) is 13.0 Å². The number of anilines is 1. The van der Waals surface area contributed by atoms with Crippen molar-refractivity contribution in [1.29, 1.82) is 5.26 Å². The van der Waals surface area contributed by atoms with Gasteiger partial charge in [-0.3, -0.25) is 9.59 Å². The summed E-state index contributed by atoms with van der Waals surface area (Å²) >= 11 is 0. The summed E-state index contributed by atoms with van der Waals surface area (Å²) in [5, 5.41) is 11.8. The molecule has 0 spiro atoms. The molecular weight excluding hydrogens is 280 g/mol. The van der Waals surface area contributed by atoms with Gasteiger partial charge in [0.1, 0.15) is 6.04 Å². The molecule has 1 fully saturated rings. The summed E-state index contributed by atoms with van der Waals surface area (Å²) < 4.78 is 0. The number of nitrogens with two attached hydrogens (primary N) is 1. The van der Waals surface area contributed by atoms with Crippen LogP contribution in [0, 0.1) is 11.3 Å². The number of hydrogen-bond donors (Lipinski definition) is 2. The topological polar surface area (TPSA) is 99.2 Å². The third-order valence-electron chi connectivity index (χ3n) is 3.74. The van der Waals surface area contributed by atoms with E-state index in [1.165, 1.54) is 4.90 Å². The molecule has 1 saturated heterocycles. The Morgan fingerprint density at radius 3 is 2.82 bits per heavy atom. The van der Waals surface area contributed by atoms with Crippen LogP contribution in [0.4, 0.5) is 5.69 Å². The van der Waals surface area contributed by atoms with Crippen molar-refractivity contribution in [1.82, 2.24) is 4.90 Å². The van der Waals surface area contributed by atoms with Gasteiger partial charge in [-0.05, 0) is 31.4 Å². The van der Waals surface area contributed by atoms with Gasteiger partial charge in [-0.1, -0.05) is 18.2 Å². The molecule has 6 nitrogen and oxygen atoms in total. The number of carbonyl (C=O) groups is 2. The third-order valence-corrected chi connectivity index (χ3v) is 3.74. The van der Waals surface area contributed by atoms with Gasteiger partial charge in [-0.15, -0.1) is 0 Å². The van der Waals surface area contributed by atoms with E-state index in [2.05, 4.69) is 11.4 Å². The highest BCUT2D eigenvalue weighted by Crippen LogP contribution is 2.18. The van der Waals surface area contributed by atoms with E-state index < -0.39 is 6.04 Å². The van der Waals surface area contributed by atoms with Crippen LogP contribution in [0.1, 0.15) is 25.7 Å². The second kappa shape index (κ2) is 7.57. The number of benzene rings is 1. The minimum atomic E-state index is -0.740. The van der Waals surface area contributed by atoms with Crippen LogP contribution in [0.25, 0.3) is 0 Å². The lowest BCUT2D eigenvalue weighted by Gasteiger charge is -2.23. The molecule has 1 aliphatic heterocycles. The first-order valence-electron chi connectivity index (χ1n) is 7.42. The van der Waals surface area contributed by atoms with E-state index in [9.17, 15) is 9.59 Å². The molecule has 2 amide bonds. The lowest BCUT2D eigenvalue weighted by Crippen LogP contribution is -2.45. The zero-order chi connectivity index (χ0) is 15.9. The summed E-state index contributed by atoms with van der Waals surface area (Å²) in [4.78, 5) is 25.6. The predicted molar refractivity (Wildman–Crippen MR) is 82.6 cm³/mol. The zero-order valence-electron chi connectivity index (χ0n) is 12.4. The van der Waals surface area contributed by atoms with Gasteiger partial charge in [-0.25, -0.2) is 0 Å². The second-order valence-electron chi connectivity index (χ2n) is 5.38. The maximum atomic E-state index is 12.2. The van der Waals surface area contributed by atoms with Crippen molar-refractivity contribution < 1.29 is 9.59 Å².